The summed E-state index contributed by atoms with van der Waals surface area (Å²) in [5.41, 5.74) is 0.199. The highest BCUT2D eigenvalue weighted by Crippen LogP contribution is 2.34. The molecular formula is C21H30N2O4. The van der Waals surface area contributed by atoms with Crippen molar-refractivity contribution in [3.8, 4) is 0 Å². The monoisotopic (exact) mass is 374 g/mol. The molecule has 0 bridgehead atoms. The Morgan fingerprint density at radius 2 is 1.78 bits per heavy atom. The van der Waals surface area contributed by atoms with E-state index in [0.717, 1.165) is 18.4 Å². The topological polar surface area (TPSA) is 95.5 Å². The number of rotatable bonds is 5. The molecule has 1 fully saturated rings. The van der Waals surface area contributed by atoms with Gasteiger partial charge in [-0.25, -0.2) is 0 Å². The Hall–Kier alpha value is -2.37. The first-order chi connectivity index (χ1) is 12.5. The summed E-state index contributed by atoms with van der Waals surface area (Å²) in [6.45, 7) is 7.78. The molecule has 0 radical (unpaired) electrons. The van der Waals surface area contributed by atoms with Crippen molar-refractivity contribution in [1.29, 1.82) is 0 Å². The lowest BCUT2D eigenvalue weighted by Crippen LogP contribution is -2.55. The highest BCUT2D eigenvalue weighted by atomic mass is 16.4. The Morgan fingerprint density at radius 3 is 2.33 bits per heavy atom. The zero-order valence-corrected chi connectivity index (χ0v) is 16.6. The quantitative estimate of drug-likeness (QED) is 0.738. The molecule has 0 aliphatic heterocycles. The maximum absolute atomic E-state index is 12.6. The maximum Gasteiger partial charge on any atom is 0.308 e. The minimum atomic E-state index is -0.859. The van der Waals surface area contributed by atoms with Gasteiger partial charge in [0.1, 0.15) is 0 Å². The molecule has 3 N–H and O–H groups in total. The van der Waals surface area contributed by atoms with E-state index in [9.17, 15) is 19.5 Å². The molecule has 1 aromatic rings. The van der Waals surface area contributed by atoms with Gasteiger partial charge < -0.3 is 15.7 Å². The average molecular weight is 374 g/mol. The third-order valence-electron chi connectivity index (χ3n) is 5.26. The van der Waals surface area contributed by atoms with Gasteiger partial charge in [0.2, 0.25) is 5.91 Å². The lowest BCUT2D eigenvalue weighted by atomic mass is 9.73. The minimum absolute atomic E-state index is 0.0331. The van der Waals surface area contributed by atoms with Crippen LogP contribution in [0.3, 0.4) is 0 Å². The second kappa shape index (κ2) is 8.11. The van der Waals surface area contributed by atoms with Gasteiger partial charge in [0, 0.05) is 17.5 Å². The Bertz CT molecular complexity index is 706. The van der Waals surface area contributed by atoms with Crippen molar-refractivity contribution in [3.05, 3.63) is 35.4 Å². The number of carbonyl (C=O) groups is 3. The summed E-state index contributed by atoms with van der Waals surface area (Å²) in [5.74, 6) is -1.73. The zero-order valence-electron chi connectivity index (χ0n) is 16.6. The molecule has 6 nitrogen and oxygen atoms in total. The molecule has 0 saturated heterocycles. The number of nitrogens with one attached hydrogen (secondary N) is 2. The number of carbonyl (C=O) groups excluding carboxylic acids is 2. The average Bonchev–Trinajstić information content (AvgIpc) is 2.59. The molecule has 0 spiro atoms. The Morgan fingerprint density at radius 1 is 1.15 bits per heavy atom. The van der Waals surface area contributed by atoms with Crippen molar-refractivity contribution >= 4 is 17.8 Å². The summed E-state index contributed by atoms with van der Waals surface area (Å²) in [6.07, 6.45) is 3.02. The van der Waals surface area contributed by atoms with Gasteiger partial charge in [-0.1, -0.05) is 45.7 Å². The number of carboxylic acid groups (broad SMARTS) is 1. The van der Waals surface area contributed by atoms with Gasteiger partial charge in [0.15, 0.2) is 0 Å². The number of aliphatic carboxylic acids is 1. The van der Waals surface area contributed by atoms with E-state index >= 15 is 0 Å². The van der Waals surface area contributed by atoms with E-state index in [0.29, 0.717) is 24.9 Å². The first-order valence-corrected chi connectivity index (χ1v) is 9.45. The third-order valence-corrected chi connectivity index (χ3v) is 5.26. The molecule has 1 aromatic carbocycles. The Kier molecular flexibility index (Phi) is 6.29. The van der Waals surface area contributed by atoms with Crippen LogP contribution >= 0.6 is 0 Å². The van der Waals surface area contributed by atoms with Crippen LogP contribution in [0.25, 0.3) is 0 Å². The van der Waals surface area contributed by atoms with Gasteiger partial charge in [-0.2, -0.15) is 0 Å². The SMILES string of the molecule is CC(C)(C)C(=O)NCc1ccc(C(=O)NC2(C)CCCCC2C(=O)O)cc1. The van der Waals surface area contributed by atoms with Crippen molar-refractivity contribution in [2.24, 2.45) is 11.3 Å². The molecule has 1 aliphatic carbocycles. The fraction of sp³-hybridized carbons (Fsp3) is 0.571. The molecule has 0 aromatic heterocycles. The van der Waals surface area contributed by atoms with Crippen LogP contribution in [0.5, 0.6) is 0 Å². The predicted molar refractivity (Wildman–Crippen MR) is 103 cm³/mol. The fourth-order valence-electron chi connectivity index (χ4n) is 3.43. The Labute approximate surface area is 160 Å². The standard InChI is InChI=1S/C21H30N2O4/c1-20(2,3)19(27)22-13-14-8-10-15(11-9-14)17(24)23-21(4)12-6-5-7-16(21)18(25)26/h8-11,16H,5-7,12-13H2,1-4H3,(H,22,27)(H,23,24)(H,25,26). The van der Waals surface area contributed by atoms with E-state index < -0.39 is 22.8 Å². The lowest BCUT2D eigenvalue weighted by Gasteiger charge is -2.39. The summed E-state index contributed by atoms with van der Waals surface area (Å²) >= 11 is 0. The molecule has 2 rings (SSSR count). The summed E-state index contributed by atoms with van der Waals surface area (Å²) in [6, 6.07) is 7.01. The van der Waals surface area contributed by atoms with Crippen LogP contribution in [-0.2, 0) is 16.1 Å². The first kappa shape index (κ1) is 20.9. The summed E-state index contributed by atoms with van der Waals surface area (Å²) < 4.78 is 0. The molecule has 6 heteroatoms. The van der Waals surface area contributed by atoms with E-state index in [1.165, 1.54) is 0 Å². The van der Waals surface area contributed by atoms with E-state index in [1.807, 2.05) is 27.7 Å². The lowest BCUT2D eigenvalue weighted by molar-refractivity contribution is -0.145. The van der Waals surface area contributed by atoms with E-state index in [4.69, 9.17) is 0 Å². The van der Waals surface area contributed by atoms with Crippen molar-refractivity contribution in [2.75, 3.05) is 0 Å². The molecular weight excluding hydrogens is 344 g/mol. The van der Waals surface area contributed by atoms with Gasteiger partial charge >= 0.3 is 5.97 Å². The second-order valence-electron chi connectivity index (χ2n) is 8.64. The van der Waals surface area contributed by atoms with Crippen molar-refractivity contribution in [1.82, 2.24) is 10.6 Å². The molecule has 0 heterocycles. The molecule has 1 saturated carbocycles. The Balaban J connectivity index is 2.01. The van der Waals surface area contributed by atoms with Crippen LogP contribution in [0.2, 0.25) is 0 Å². The number of amides is 2. The molecule has 2 atom stereocenters. The predicted octanol–water partition coefficient (Wildman–Crippen LogP) is 3.11. The van der Waals surface area contributed by atoms with Crippen LogP contribution in [0.15, 0.2) is 24.3 Å². The van der Waals surface area contributed by atoms with Crippen LogP contribution in [-0.4, -0.2) is 28.4 Å². The number of hydrogen-bond donors (Lipinski definition) is 3. The maximum atomic E-state index is 12.6. The van der Waals surface area contributed by atoms with Gasteiger partial charge in [0.05, 0.1) is 11.5 Å². The summed E-state index contributed by atoms with van der Waals surface area (Å²) in [5, 5.41) is 15.3. The van der Waals surface area contributed by atoms with Gasteiger partial charge in [-0.15, -0.1) is 0 Å². The van der Waals surface area contributed by atoms with Crippen molar-refractivity contribution < 1.29 is 19.5 Å². The smallest absolute Gasteiger partial charge is 0.308 e. The van der Waals surface area contributed by atoms with Gasteiger partial charge in [0.25, 0.3) is 5.91 Å². The second-order valence-corrected chi connectivity index (χ2v) is 8.64. The third kappa shape index (κ3) is 5.31. The molecule has 1 aliphatic rings. The molecule has 2 unspecified atom stereocenters. The largest absolute Gasteiger partial charge is 0.481 e. The summed E-state index contributed by atoms with van der Waals surface area (Å²) in [4.78, 5) is 36.1. The molecule has 148 valence electrons. The van der Waals surface area contributed by atoms with Crippen LogP contribution < -0.4 is 10.6 Å². The van der Waals surface area contributed by atoms with E-state index in [2.05, 4.69) is 10.6 Å². The van der Waals surface area contributed by atoms with Crippen molar-refractivity contribution in [2.45, 2.75) is 65.5 Å². The van der Waals surface area contributed by atoms with E-state index in [-0.39, 0.29) is 11.8 Å². The zero-order chi connectivity index (χ0) is 20.2. The highest BCUT2D eigenvalue weighted by molar-refractivity contribution is 5.95. The van der Waals surface area contributed by atoms with E-state index in [1.54, 1.807) is 24.3 Å². The van der Waals surface area contributed by atoms with Gasteiger partial charge in [-0.3, -0.25) is 14.4 Å². The summed E-state index contributed by atoms with van der Waals surface area (Å²) in [7, 11) is 0. The van der Waals surface area contributed by atoms with Crippen LogP contribution in [0.4, 0.5) is 0 Å². The van der Waals surface area contributed by atoms with Crippen LogP contribution in [0.1, 0.15) is 69.3 Å². The fourth-order valence-corrected chi connectivity index (χ4v) is 3.43. The highest BCUT2D eigenvalue weighted by Gasteiger charge is 2.42. The molecule has 27 heavy (non-hydrogen) atoms. The normalized spacial score (nSPS) is 22.7. The minimum Gasteiger partial charge on any atom is -0.481 e. The molecule has 2 amide bonds. The first-order valence-electron chi connectivity index (χ1n) is 9.45. The number of carboxylic acids is 1. The number of hydrogen-bond acceptors (Lipinski definition) is 3. The van der Waals surface area contributed by atoms with Crippen LogP contribution in [0, 0.1) is 11.3 Å². The van der Waals surface area contributed by atoms with Gasteiger partial charge in [-0.05, 0) is 37.5 Å². The number of benzene rings is 1. The van der Waals surface area contributed by atoms with Crippen molar-refractivity contribution in [3.63, 3.8) is 0 Å².